The Kier molecular flexibility index (Phi) is 6.76. The maximum absolute atomic E-state index is 6.46. The molecule has 2 N–H and O–H groups in total. The van der Waals surface area contributed by atoms with Crippen LogP contribution in [0.25, 0.3) is 5.57 Å². The lowest BCUT2D eigenvalue weighted by molar-refractivity contribution is 0.223. The van der Waals surface area contributed by atoms with Crippen LogP contribution in [0.1, 0.15) is 78.0 Å². The molecule has 0 aliphatic carbocycles. The van der Waals surface area contributed by atoms with E-state index in [4.69, 9.17) is 19.9 Å². The molecule has 4 heteroatoms. The van der Waals surface area contributed by atoms with Gasteiger partial charge in [0.05, 0.1) is 23.3 Å². The zero-order chi connectivity index (χ0) is 19.4. The van der Waals surface area contributed by atoms with Crippen molar-refractivity contribution < 1.29 is 14.2 Å². The lowest BCUT2D eigenvalue weighted by Gasteiger charge is -2.29. The second kappa shape index (κ2) is 8.63. The summed E-state index contributed by atoms with van der Waals surface area (Å²) in [6, 6.07) is 1.80. The van der Waals surface area contributed by atoms with Gasteiger partial charge in [-0.2, -0.15) is 0 Å². The minimum atomic E-state index is -0.181. The first-order valence-corrected chi connectivity index (χ1v) is 9.65. The van der Waals surface area contributed by atoms with Crippen molar-refractivity contribution >= 4 is 5.57 Å². The molecule has 2 rings (SSSR count). The van der Waals surface area contributed by atoms with Gasteiger partial charge in [0.15, 0.2) is 0 Å². The van der Waals surface area contributed by atoms with E-state index in [-0.39, 0.29) is 18.2 Å². The number of hydrogen-bond acceptors (Lipinski definition) is 4. The number of allylic oxidation sites excluding steroid dienone is 2. The standard InChI is InChI=1S/C22H33NO3/c1-8-10-16-11-15(7)26-22-20(16)18(24-13(3)4)12-19(25-14(5)6)21(22)17(23)9-2/h11-14,17H,7-10,23H2,1-6H3. The average Bonchev–Trinajstić information content (AvgIpc) is 2.52. The maximum Gasteiger partial charge on any atom is 0.147 e. The fourth-order valence-corrected chi connectivity index (χ4v) is 3.18. The first-order chi connectivity index (χ1) is 12.3. The Hall–Kier alpha value is -1.94. The van der Waals surface area contributed by atoms with Gasteiger partial charge in [-0.05, 0) is 52.2 Å². The number of nitrogens with two attached hydrogens (primary N) is 1. The summed E-state index contributed by atoms with van der Waals surface area (Å²) in [5, 5.41) is 0. The Morgan fingerprint density at radius 2 is 1.69 bits per heavy atom. The summed E-state index contributed by atoms with van der Waals surface area (Å²) >= 11 is 0. The fraction of sp³-hybridized carbons (Fsp3) is 0.545. The molecule has 1 aliphatic rings. The second-order valence-electron chi connectivity index (χ2n) is 7.33. The van der Waals surface area contributed by atoms with E-state index in [1.807, 2.05) is 39.8 Å². The van der Waals surface area contributed by atoms with E-state index in [2.05, 4.69) is 20.4 Å². The van der Waals surface area contributed by atoms with E-state index in [1.54, 1.807) is 0 Å². The van der Waals surface area contributed by atoms with Crippen LogP contribution in [0.2, 0.25) is 0 Å². The third-order valence-corrected chi connectivity index (χ3v) is 4.19. The summed E-state index contributed by atoms with van der Waals surface area (Å²) in [6.07, 6.45) is 4.82. The van der Waals surface area contributed by atoms with E-state index in [0.29, 0.717) is 5.76 Å². The monoisotopic (exact) mass is 359 g/mol. The Morgan fingerprint density at radius 1 is 1.08 bits per heavy atom. The largest absolute Gasteiger partial charge is 0.490 e. The molecule has 0 amide bonds. The minimum Gasteiger partial charge on any atom is -0.490 e. The highest BCUT2D eigenvalue weighted by Crippen LogP contribution is 2.50. The van der Waals surface area contributed by atoms with Crippen molar-refractivity contribution in [1.29, 1.82) is 0 Å². The Balaban J connectivity index is 2.77. The van der Waals surface area contributed by atoms with Crippen molar-refractivity contribution in [3.8, 4) is 17.2 Å². The van der Waals surface area contributed by atoms with Crippen LogP contribution in [0, 0.1) is 0 Å². The molecule has 0 spiro atoms. The maximum atomic E-state index is 6.46. The van der Waals surface area contributed by atoms with Crippen molar-refractivity contribution in [2.45, 2.75) is 79.1 Å². The van der Waals surface area contributed by atoms with Gasteiger partial charge in [0, 0.05) is 12.1 Å². The quantitative estimate of drug-likeness (QED) is 0.641. The summed E-state index contributed by atoms with van der Waals surface area (Å²) in [4.78, 5) is 0. The van der Waals surface area contributed by atoms with E-state index < -0.39 is 0 Å². The van der Waals surface area contributed by atoms with Crippen molar-refractivity contribution in [2.75, 3.05) is 0 Å². The molecule has 0 radical (unpaired) electrons. The lowest BCUT2D eigenvalue weighted by Crippen LogP contribution is -2.19. The first-order valence-electron chi connectivity index (χ1n) is 9.65. The highest BCUT2D eigenvalue weighted by molar-refractivity contribution is 5.82. The van der Waals surface area contributed by atoms with Crippen LogP contribution >= 0.6 is 0 Å². The van der Waals surface area contributed by atoms with Crippen LogP contribution in [0.5, 0.6) is 17.2 Å². The molecule has 0 fully saturated rings. The summed E-state index contributed by atoms with van der Waals surface area (Å²) in [5.74, 6) is 2.88. The van der Waals surface area contributed by atoms with E-state index in [0.717, 1.165) is 47.6 Å². The van der Waals surface area contributed by atoms with Crippen LogP contribution < -0.4 is 19.9 Å². The predicted molar refractivity (Wildman–Crippen MR) is 108 cm³/mol. The molecule has 26 heavy (non-hydrogen) atoms. The topological polar surface area (TPSA) is 53.7 Å². The molecule has 1 unspecified atom stereocenters. The second-order valence-corrected chi connectivity index (χ2v) is 7.33. The summed E-state index contributed by atoms with van der Waals surface area (Å²) in [7, 11) is 0. The average molecular weight is 360 g/mol. The molecule has 1 atom stereocenters. The van der Waals surface area contributed by atoms with Crippen molar-refractivity contribution in [1.82, 2.24) is 0 Å². The van der Waals surface area contributed by atoms with Crippen LogP contribution in [0.3, 0.4) is 0 Å². The van der Waals surface area contributed by atoms with Crippen LogP contribution in [-0.2, 0) is 0 Å². The molecule has 0 saturated carbocycles. The smallest absolute Gasteiger partial charge is 0.147 e. The SMILES string of the molecule is C=C1C=C(CCC)c2c(OC(C)C)cc(OC(C)C)c(C(N)CC)c2O1. The number of rotatable bonds is 8. The van der Waals surface area contributed by atoms with E-state index in [1.165, 1.54) is 5.57 Å². The first kappa shape index (κ1) is 20.4. The number of fused-ring (bicyclic) bond motifs is 1. The van der Waals surface area contributed by atoms with Gasteiger partial charge in [-0.3, -0.25) is 0 Å². The minimum absolute atomic E-state index is 0.0280. The van der Waals surface area contributed by atoms with Crippen molar-refractivity contribution in [2.24, 2.45) is 5.73 Å². The van der Waals surface area contributed by atoms with Gasteiger partial charge in [0.1, 0.15) is 23.0 Å². The van der Waals surface area contributed by atoms with Gasteiger partial charge in [0.2, 0.25) is 0 Å². The summed E-state index contributed by atoms with van der Waals surface area (Å²) in [6.45, 7) is 16.3. The normalized spacial score (nSPS) is 14.8. The third kappa shape index (κ3) is 4.42. The van der Waals surface area contributed by atoms with Crippen molar-refractivity contribution in [3.63, 3.8) is 0 Å². The molecule has 0 bridgehead atoms. The van der Waals surface area contributed by atoms with Gasteiger partial charge in [-0.25, -0.2) is 0 Å². The van der Waals surface area contributed by atoms with E-state index in [9.17, 15) is 0 Å². The molecule has 4 nitrogen and oxygen atoms in total. The van der Waals surface area contributed by atoms with Gasteiger partial charge < -0.3 is 19.9 Å². The highest BCUT2D eigenvalue weighted by atomic mass is 16.5. The fourth-order valence-electron chi connectivity index (χ4n) is 3.18. The third-order valence-electron chi connectivity index (χ3n) is 4.19. The predicted octanol–water partition coefficient (Wildman–Crippen LogP) is 5.76. The molecular formula is C22H33NO3. The zero-order valence-electron chi connectivity index (χ0n) is 17.0. The number of ether oxygens (including phenoxy) is 3. The van der Waals surface area contributed by atoms with E-state index >= 15 is 0 Å². The lowest BCUT2D eigenvalue weighted by atomic mass is 9.91. The van der Waals surface area contributed by atoms with Crippen molar-refractivity contribution in [3.05, 3.63) is 35.6 Å². The van der Waals surface area contributed by atoms with Gasteiger partial charge in [0.25, 0.3) is 0 Å². The molecule has 1 aliphatic heterocycles. The highest BCUT2D eigenvalue weighted by Gasteiger charge is 2.30. The van der Waals surface area contributed by atoms with Gasteiger partial charge in [-0.1, -0.05) is 26.8 Å². The molecule has 0 saturated heterocycles. The zero-order valence-corrected chi connectivity index (χ0v) is 17.0. The van der Waals surface area contributed by atoms with Gasteiger partial charge in [-0.15, -0.1) is 0 Å². The Labute approximate surface area is 158 Å². The summed E-state index contributed by atoms with van der Waals surface area (Å²) < 4.78 is 18.3. The molecule has 0 aromatic heterocycles. The van der Waals surface area contributed by atoms with Crippen LogP contribution in [-0.4, -0.2) is 12.2 Å². The number of hydrogen-bond donors (Lipinski definition) is 1. The Bertz CT molecular complexity index is 689. The van der Waals surface area contributed by atoms with Gasteiger partial charge >= 0.3 is 0 Å². The van der Waals surface area contributed by atoms with Crippen LogP contribution in [0.15, 0.2) is 24.5 Å². The Morgan fingerprint density at radius 3 is 2.23 bits per heavy atom. The molecular weight excluding hydrogens is 326 g/mol. The molecule has 1 aromatic carbocycles. The number of benzene rings is 1. The summed E-state index contributed by atoms with van der Waals surface area (Å²) in [5.41, 5.74) is 9.52. The molecule has 144 valence electrons. The van der Waals surface area contributed by atoms with Crippen LogP contribution in [0.4, 0.5) is 0 Å². The molecule has 1 aromatic rings. The molecule has 1 heterocycles.